The molecular weight excluding hydrogens is 203 g/mol. The van der Waals surface area contributed by atoms with E-state index < -0.39 is 5.60 Å². The van der Waals surface area contributed by atoms with Crippen LogP contribution in [0.1, 0.15) is 25.8 Å². The molecule has 1 aromatic rings. The molecule has 1 aromatic carbocycles. The van der Waals surface area contributed by atoms with Gasteiger partial charge in [-0.1, -0.05) is 24.6 Å². The minimum Gasteiger partial charge on any atom is -0.390 e. The van der Waals surface area contributed by atoms with Crippen molar-refractivity contribution in [2.45, 2.75) is 32.3 Å². The summed E-state index contributed by atoms with van der Waals surface area (Å²) in [4.78, 5) is 0. The Balaban J connectivity index is 2.97. The number of aliphatic hydroxyl groups is 1. The van der Waals surface area contributed by atoms with Gasteiger partial charge in [0.05, 0.1) is 5.60 Å². The molecular formula is C11H14ClFO. The van der Waals surface area contributed by atoms with Gasteiger partial charge in [-0.15, -0.1) is 0 Å². The van der Waals surface area contributed by atoms with Crippen molar-refractivity contribution >= 4 is 11.6 Å². The third-order valence-corrected chi connectivity index (χ3v) is 2.74. The van der Waals surface area contributed by atoms with Crippen LogP contribution in [0.25, 0.3) is 0 Å². The zero-order valence-corrected chi connectivity index (χ0v) is 9.11. The fourth-order valence-corrected chi connectivity index (χ4v) is 1.44. The Bertz CT molecular complexity index is 303. The normalized spacial score (nSPS) is 15.2. The molecule has 78 valence electrons. The molecule has 3 heteroatoms. The Morgan fingerprint density at radius 1 is 1.50 bits per heavy atom. The maximum absolute atomic E-state index is 13.3. The quantitative estimate of drug-likeness (QED) is 0.823. The summed E-state index contributed by atoms with van der Waals surface area (Å²) in [5, 5.41) is 10.2. The highest BCUT2D eigenvalue weighted by Gasteiger charge is 2.21. The molecule has 0 fully saturated rings. The maximum atomic E-state index is 13.3. The number of benzene rings is 1. The molecule has 14 heavy (non-hydrogen) atoms. The molecule has 0 spiro atoms. The number of hydrogen-bond acceptors (Lipinski definition) is 1. The van der Waals surface area contributed by atoms with Gasteiger partial charge in [0.25, 0.3) is 0 Å². The third kappa shape index (κ3) is 2.69. The SMILES string of the molecule is CCC(C)(O)Cc1c(F)cccc1Cl. The van der Waals surface area contributed by atoms with Crippen molar-refractivity contribution < 1.29 is 9.50 Å². The molecule has 0 heterocycles. The highest BCUT2D eigenvalue weighted by molar-refractivity contribution is 6.31. The lowest BCUT2D eigenvalue weighted by Gasteiger charge is -2.22. The van der Waals surface area contributed by atoms with Gasteiger partial charge >= 0.3 is 0 Å². The summed E-state index contributed by atoms with van der Waals surface area (Å²) in [6.45, 7) is 3.53. The zero-order valence-electron chi connectivity index (χ0n) is 8.35. The Morgan fingerprint density at radius 3 is 2.64 bits per heavy atom. The lowest BCUT2D eigenvalue weighted by atomic mass is 9.94. The van der Waals surface area contributed by atoms with Gasteiger partial charge in [0.15, 0.2) is 0 Å². The second-order valence-corrected chi connectivity index (χ2v) is 4.13. The number of halogens is 2. The van der Waals surface area contributed by atoms with Gasteiger partial charge in [-0.25, -0.2) is 4.39 Å². The van der Waals surface area contributed by atoms with Crippen molar-refractivity contribution in [2.75, 3.05) is 0 Å². The van der Waals surface area contributed by atoms with E-state index in [1.165, 1.54) is 6.07 Å². The molecule has 0 aromatic heterocycles. The molecule has 0 bridgehead atoms. The highest BCUT2D eigenvalue weighted by atomic mass is 35.5. The molecule has 0 aliphatic rings. The number of hydrogen-bond donors (Lipinski definition) is 1. The van der Waals surface area contributed by atoms with E-state index in [1.807, 2.05) is 6.92 Å². The van der Waals surface area contributed by atoms with Gasteiger partial charge < -0.3 is 5.11 Å². The van der Waals surface area contributed by atoms with Crippen LogP contribution in [0, 0.1) is 5.82 Å². The molecule has 0 saturated heterocycles. The van der Waals surface area contributed by atoms with Crippen LogP contribution >= 0.6 is 11.6 Å². The highest BCUT2D eigenvalue weighted by Crippen LogP contribution is 2.25. The third-order valence-electron chi connectivity index (χ3n) is 2.38. The van der Waals surface area contributed by atoms with E-state index in [0.29, 0.717) is 17.0 Å². The van der Waals surface area contributed by atoms with Gasteiger partial charge in [0, 0.05) is 17.0 Å². The minimum absolute atomic E-state index is 0.245. The first-order chi connectivity index (χ1) is 6.46. The van der Waals surface area contributed by atoms with E-state index in [2.05, 4.69) is 0 Å². The minimum atomic E-state index is -0.897. The predicted molar refractivity (Wildman–Crippen MR) is 56.0 cm³/mol. The van der Waals surface area contributed by atoms with Crippen LogP contribution in [0.15, 0.2) is 18.2 Å². The topological polar surface area (TPSA) is 20.2 Å². The Kier molecular flexibility index (Phi) is 3.51. The molecule has 1 rings (SSSR count). The Morgan fingerprint density at radius 2 is 2.14 bits per heavy atom. The van der Waals surface area contributed by atoms with Crippen LogP contribution in [-0.2, 0) is 6.42 Å². The Labute approximate surface area is 88.5 Å². The average molecular weight is 217 g/mol. The lowest BCUT2D eigenvalue weighted by Crippen LogP contribution is -2.26. The molecule has 0 amide bonds. The first-order valence-electron chi connectivity index (χ1n) is 4.61. The second-order valence-electron chi connectivity index (χ2n) is 3.73. The van der Waals surface area contributed by atoms with Gasteiger partial charge in [-0.3, -0.25) is 0 Å². The summed E-state index contributed by atoms with van der Waals surface area (Å²) >= 11 is 5.84. The zero-order chi connectivity index (χ0) is 10.8. The van der Waals surface area contributed by atoms with Crippen molar-refractivity contribution in [3.8, 4) is 0 Å². The molecule has 1 atom stereocenters. The summed E-state index contributed by atoms with van der Waals surface area (Å²) in [5.41, 5.74) is -0.507. The second kappa shape index (κ2) is 4.28. The van der Waals surface area contributed by atoms with E-state index in [0.717, 1.165) is 0 Å². The van der Waals surface area contributed by atoms with Crippen molar-refractivity contribution in [2.24, 2.45) is 0 Å². The monoisotopic (exact) mass is 216 g/mol. The van der Waals surface area contributed by atoms with Crippen LogP contribution in [-0.4, -0.2) is 10.7 Å². The van der Waals surface area contributed by atoms with E-state index in [4.69, 9.17) is 11.6 Å². The van der Waals surface area contributed by atoms with Crippen LogP contribution < -0.4 is 0 Å². The van der Waals surface area contributed by atoms with Crippen LogP contribution in [0.3, 0.4) is 0 Å². The van der Waals surface area contributed by atoms with Crippen LogP contribution in [0.5, 0.6) is 0 Å². The van der Waals surface area contributed by atoms with Gasteiger partial charge in [0.1, 0.15) is 5.82 Å². The largest absolute Gasteiger partial charge is 0.390 e. The molecule has 0 radical (unpaired) electrons. The molecule has 1 unspecified atom stereocenters. The number of rotatable bonds is 3. The molecule has 0 aliphatic heterocycles. The lowest BCUT2D eigenvalue weighted by molar-refractivity contribution is 0.0556. The molecule has 1 nitrogen and oxygen atoms in total. The first-order valence-corrected chi connectivity index (χ1v) is 4.99. The van der Waals surface area contributed by atoms with E-state index in [-0.39, 0.29) is 12.2 Å². The van der Waals surface area contributed by atoms with E-state index >= 15 is 0 Å². The summed E-state index contributed by atoms with van der Waals surface area (Å²) in [5.74, 6) is -0.355. The van der Waals surface area contributed by atoms with Crippen LogP contribution in [0.2, 0.25) is 5.02 Å². The summed E-state index contributed by atoms with van der Waals surface area (Å²) in [6, 6.07) is 4.54. The van der Waals surface area contributed by atoms with E-state index in [9.17, 15) is 9.50 Å². The van der Waals surface area contributed by atoms with Crippen molar-refractivity contribution in [1.82, 2.24) is 0 Å². The molecule has 0 aliphatic carbocycles. The fraction of sp³-hybridized carbons (Fsp3) is 0.455. The average Bonchev–Trinajstić information content (AvgIpc) is 2.12. The van der Waals surface area contributed by atoms with Gasteiger partial charge in [-0.05, 0) is 25.5 Å². The van der Waals surface area contributed by atoms with Crippen molar-refractivity contribution in [3.63, 3.8) is 0 Å². The molecule has 1 N–H and O–H groups in total. The van der Waals surface area contributed by atoms with Crippen LogP contribution in [0.4, 0.5) is 4.39 Å². The molecule has 0 saturated carbocycles. The summed E-state index contributed by atoms with van der Waals surface area (Å²) in [7, 11) is 0. The van der Waals surface area contributed by atoms with E-state index in [1.54, 1.807) is 19.1 Å². The Hall–Kier alpha value is -0.600. The smallest absolute Gasteiger partial charge is 0.127 e. The summed E-state index contributed by atoms with van der Waals surface area (Å²) in [6.07, 6.45) is 0.812. The summed E-state index contributed by atoms with van der Waals surface area (Å²) < 4.78 is 13.3. The van der Waals surface area contributed by atoms with Crippen molar-refractivity contribution in [3.05, 3.63) is 34.6 Å². The van der Waals surface area contributed by atoms with Gasteiger partial charge in [-0.2, -0.15) is 0 Å². The fourth-order valence-electron chi connectivity index (χ4n) is 1.21. The standard InChI is InChI=1S/C11H14ClFO/c1-3-11(2,14)7-8-9(12)5-4-6-10(8)13/h4-6,14H,3,7H2,1-2H3. The predicted octanol–water partition coefficient (Wildman–Crippen LogP) is 3.18. The maximum Gasteiger partial charge on any atom is 0.127 e. The van der Waals surface area contributed by atoms with Crippen molar-refractivity contribution in [1.29, 1.82) is 0 Å². The first kappa shape index (κ1) is 11.5. The van der Waals surface area contributed by atoms with Gasteiger partial charge in [0.2, 0.25) is 0 Å².